The summed E-state index contributed by atoms with van der Waals surface area (Å²) in [5, 5.41) is 2.54. The molecule has 1 atom stereocenters. The zero-order chi connectivity index (χ0) is 22.1. The SMILES string of the molecule is CC(C)[C@H]1CN(c2ccc(C(F)(F)F)nc2)C(=O)N1CC(=O)Nc1cccc(F)c1. The van der Waals surface area contributed by atoms with E-state index in [2.05, 4.69) is 10.3 Å². The highest BCUT2D eigenvalue weighted by atomic mass is 19.4. The smallest absolute Gasteiger partial charge is 0.324 e. The lowest BCUT2D eigenvalue weighted by Crippen LogP contribution is -2.42. The minimum absolute atomic E-state index is 0.0108. The van der Waals surface area contributed by atoms with Crippen LogP contribution in [0.2, 0.25) is 0 Å². The molecule has 0 unspecified atom stereocenters. The van der Waals surface area contributed by atoms with Gasteiger partial charge in [-0.3, -0.25) is 9.69 Å². The first-order valence-corrected chi connectivity index (χ1v) is 9.23. The number of halogens is 4. The third-order valence-corrected chi connectivity index (χ3v) is 4.79. The van der Waals surface area contributed by atoms with Crippen molar-refractivity contribution in [3.05, 3.63) is 54.1 Å². The maximum Gasteiger partial charge on any atom is 0.433 e. The monoisotopic (exact) mass is 424 g/mol. The molecule has 2 heterocycles. The molecule has 1 fully saturated rings. The van der Waals surface area contributed by atoms with Gasteiger partial charge in [-0.05, 0) is 36.2 Å². The summed E-state index contributed by atoms with van der Waals surface area (Å²) in [6, 6.07) is 6.51. The van der Waals surface area contributed by atoms with Crippen molar-refractivity contribution in [1.82, 2.24) is 9.88 Å². The van der Waals surface area contributed by atoms with Crippen molar-refractivity contribution in [3.63, 3.8) is 0 Å². The van der Waals surface area contributed by atoms with Crippen LogP contribution in [-0.2, 0) is 11.0 Å². The van der Waals surface area contributed by atoms with Gasteiger partial charge < -0.3 is 10.2 Å². The molecule has 30 heavy (non-hydrogen) atoms. The van der Waals surface area contributed by atoms with Gasteiger partial charge in [0.25, 0.3) is 0 Å². The van der Waals surface area contributed by atoms with E-state index in [9.17, 15) is 27.2 Å². The Labute approximate surface area is 170 Å². The molecular formula is C20H20F4N4O2. The average molecular weight is 424 g/mol. The summed E-state index contributed by atoms with van der Waals surface area (Å²) in [5.41, 5.74) is -0.576. The molecule has 0 saturated carbocycles. The number of carbonyl (C=O) groups excluding carboxylic acids is 2. The van der Waals surface area contributed by atoms with Crippen LogP contribution in [0.5, 0.6) is 0 Å². The maximum absolute atomic E-state index is 13.3. The van der Waals surface area contributed by atoms with Crippen LogP contribution in [-0.4, -0.2) is 41.0 Å². The number of hydrogen-bond donors (Lipinski definition) is 1. The topological polar surface area (TPSA) is 65.5 Å². The minimum Gasteiger partial charge on any atom is -0.324 e. The largest absolute Gasteiger partial charge is 0.433 e. The number of carbonyl (C=O) groups is 2. The quantitative estimate of drug-likeness (QED) is 0.734. The standard InChI is InChI=1S/C20H20F4N4O2/c1-12(2)16-10-27(15-6-7-17(25-9-15)20(22,23)24)19(30)28(16)11-18(29)26-14-5-3-4-13(21)8-14/h3-9,12,16H,10-11H2,1-2H3,(H,26,29)/t16-/m1/s1. The van der Waals surface area contributed by atoms with Crippen LogP contribution in [0, 0.1) is 11.7 Å². The molecule has 3 amide bonds. The Kier molecular flexibility index (Phi) is 5.95. The van der Waals surface area contributed by atoms with E-state index in [1.807, 2.05) is 13.8 Å². The van der Waals surface area contributed by atoms with Crippen molar-refractivity contribution in [1.29, 1.82) is 0 Å². The zero-order valence-corrected chi connectivity index (χ0v) is 16.3. The molecule has 10 heteroatoms. The van der Waals surface area contributed by atoms with Crippen LogP contribution in [0.3, 0.4) is 0 Å². The van der Waals surface area contributed by atoms with Crippen molar-refractivity contribution in [3.8, 4) is 0 Å². The number of benzene rings is 1. The molecule has 1 N–H and O–H groups in total. The van der Waals surface area contributed by atoms with E-state index in [0.717, 1.165) is 18.3 Å². The summed E-state index contributed by atoms with van der Waals surface area (Å²) in [6.45, 7) is 3.69. The van der Waals surface area contributed by atoms with E-state index >= 15 is 0 Å². The van der Waals surface area contributed by atoms with Crippen LogP contribution in [0.4, 0.5) is 33.7 Å². The molecule has 1 saturated heterocycles. The predicted octanol–water partition coefficient (Wildman–Crippen LogP) is 4.14. The van der Waals surface area contributed by atoms with Gasteiger partial charge in [0.1, 0.15) is 18.1 Å². The molecule has 1 aromatic heterocycles. The lowest BCUT2D eigenvalue weighted by molar-refractivity contribution is -0.141. The van der Waals surface area contributed by atoms with Crippen LogP contribution in [0.25, 0.3) is 0 Å². The number of hydrogen-bond acceptors (Lipinski definition) is 3. The molecule has 0 bridgehead atoms. The van der Waals surface area contributed by atoms with Crippen LogP contribution < -0.4 is 10.2 Å². The fourth-order valence-electron chi connectivity index (χ4n) is 3.27. The van der Waals surface area contributed by atoms with Crippen molar-refractivity contribution < 1.29 is 27.2 Å². The molecule has 3 rings (SSSR count). The van der Waals surface area contributed by atoms with Gasteiger partial charge in [0.2, 0.25) is 5.91 Å². The first-order valence-electron chi connectivity index (χ1n) is 9.23. The van der Waals surface area contributed by atoms with E-state index in [1.165, 1.54) is 34.1 Å². The van der Waals surface area contributed by atoms with Crippen molar-refractivity contribution >= 4 is 23.3 Å². The summed E-state index contributed by atoms with van der Waals surface area (Å²) in [4.78, 5) is 31.4. The van der Waals surface area contributed by atoms with E-state index in [1.54, 1.807) is 0 Å². The van der Waals surface area contributed by atoms with Gasteiger partial charge in [0, 0.05) is 12.2 Å². The Balaban J connectivity index is 1.75. The van der Waals surface area contributed by atoms with Crippen LogP contribution in [0.1, 0.15) is 19.5 Å². The highest BCUT2D eigenvalue weighted by Gasteiger charge is 2.41. The van der Waals surface area contributed by atoms with Gasteiger partial charge in [-0.2, -0.15) is 13.2 Å². The van der Waals surface area contributed by atoms with Crippen molar-refractivity contribution in [2.24, 2.45) is 5.92 Å². The fourth-order valence-corrected chi connectivity index (χ4v) is 3.27. The Morgan fingerprint density at radius 1 is 1.27 bits per heavy atom. The highest BCUT2D eigenvalue weighted by Crippen LogP contribution is 2.31. The molecule has 0 aliphatic carbocycles. The number of urea groups is 1. The lowest BCUT2D eigenvalue weighted by atomic mass is 10.0. The van der Waals surface area contributed by atoms with Gasteiger partial charge in [-0.25, -0.2) is 14.2 Å². The van der Waals surface area contributed by atoms with Gasteiger partial charge in [-0.1, -0.05) is 19.9 Å². The highest BCUT2D eigenvalue weighted by molar-refractivity contribution is 5.99. The zero-order valence-electron chi connectivity index (χ0n) is 16.3. The number of alkyl halides is 3. The predicted molar refractivity (Wildman–Crippen MR) is 102 cm³/mol. The van der Waals surface area contributed by atoms with Crippen LogP contribution in [0.15, 0.2) is 42.6 Å². The molecule has 1 aliphatic heterocycles. The average Bonchev–Trinajstić information content (AvgIpc) is 2.98. The van der Waals surface area contributed by atoms with Crippen molar-refractivity contribution in [2.45, 2.75) is 26.1 Å². The molecule has 1 aromatic carbocycles. The molecule has 0 radical (unpaired) electrons. The number of nitrogens with zero attached hydrogens (tertiary/aromatic N) is 3. The third-order valence-electron chi connectivity index (χ3n) is 4.79. The Bertz CT molecular complexity index is 931. The first-order chi connectivity index (χ1) is 14.1. The fraction of sp³-hybridized carbons (Fsp3) is 0.350. The Hall–Kier alpha value is -3.17. The molecular weight excluding hydrogens is 404 g/mol. The Morgan fingerprint density at radius 2 is 2.00 bits per heavy atom. The van der Waals surface area contributed by atoms with E-state index in [-0.39, 0.29) is 36.4 Å². The second-order valence-electron chi connectivity index (χ2n) is 7.29. The molecule has 6 nitrogen and oxygen atoms in total. The third kappa shape index (κ3) is 4.69. The first kappa shape index (κ1) is 21.5. The van der Waals surface area contributed by atoms with E-state index < -0.39 is 29.6 Å². The Morgan fingerprint density at radius 3 is 2.57 bits per heavy atom. The second-order valence-corrected chi connectivity index (χ2v) is 7.29. The maximum atomic E-state index is 13.3. The van der Waals surface area contributed by atoms with Gasteiger partial charge in [0.05, 0.1) is 17.9 Å². The summed E-state index contributed by atoms with van der Waals surface area (Å²) in [6.07, 6.45) is -3.58. The number of pyridine rings is 1. The molecule has 0 spiro atoms. The molecule has 1 aliphatic rings. The second kappa shape index (κ2) is 8.29. The summed E-state index contributed by atoms with van der Waals surface area (Å²) in [5.74, 6) is -1.03. The van der Waals surface area contributed by atoms with E-state index in [0.29, 0.717) is 0 Å². The van der Waals surface area contributed by atoms with Gasteiger partial charge in [-0.15, -0.1) is 0 Å². The summed E-state index contributed by atoms with van der Waals surface area (Å²) in [7, 11) is 0. The molecule has 2 aromatic rings. The summed E-state index contributed by atoms with van der Waals surface area (Å²) < 4.78 is 51.5. The van der Waals surface area contributed by atoms with Gasteiger partial charge >= 0.3 is 12.2 Å². The van der Waals surface area contributed by atoms with Crippen molar-refractivity contribution in [2.75, 3.05) is 23.3 Å². The number of anilines is 2. The number of aromatic nitrogens is 1. The lowest BCUT2D eigenvalue weighted by Gasteiger charge is -2.25. The summed E-state index contributed by atoms with van der Waals surface area (Å²) >= 11 is 0. The number of nitrogens with one attached hydrogen (secondary N) is 1. The van der Waals surface area contributed by atoms with Gasteiger partial charge in [0.15, 0.2) is 0 Å². The molecule has 160 valence electrons. The number of rotatable bonds is 5. The normalized spacial score (nSPS) is 17.0. The minimum atomic E-state index is -4.57. The van der Waals surface area contributed by atoms with Crippen LogP contribution >= 0.6 is 0 Å². The van der Waals surface area contributed by atoms with E-state index in [4.69, 9.17) is 0 Å². The number of amides is 3.